The molecule has 0 saturated carbocycles. The van der Waals surface area contributed by atoms with Gasteiger partial charge in [-0.3, -0.25) is 4.72 Å². The standard InChI is InChI=1S/C24H29N3O3S/c1-5-13-30-20-11-12-21-22(16-25)24(27(17(3)4)23(21)15-20)18-7-9-19(10-8-18)26-31(28,29)14-6-2/h7-12,15,17,26H,5-6,13-14H2,1-4H3. The van der Waals surface area contributed by atoms with Gasteiger partial charge in [0.15, 0.2) is 0 Å². The summed E-state index contributed by atoms with van der Waals surface area (Å²) in [6.07, 6.45) is 1.48. The van der Waals surface area contributed by atoms with Crippen molar-refractivity contribution in [3.8, 4) is 23.1 Å². The fourth-order valence-corrected chi connectivity index (χ4v) is 4.86. The Morgan fingerprint density at radius 2 is 1.81 bits per heavy atom. The Morgan fingerprint density at radius 1 is 1.10 bits per heavy atom. The van der Waals surface area contributed by atoms with Crippen LogP contribution in [0.2, 0.25) is 0 Å². The van der Waals surface area contributed by atoms with Gasteiger partial charge in [-0.2, -0.15) is 5.26 Å². The molecule has 0 aliphatic carbocycles. The van der Waals surface area contributed by atoms with E-state index in [0.29, 0.717) is 24.3 Å². The van der Waals surface area contributed by atoms with Gasteiger partial charge in [-0.1, -0.05) is 26.0 Å². The molecule has 2 aromatic carbocycles. The number of nitrogens with one attached hydrogen (secondary N) is 1. The Hall–Kier alpha value is -2.98. The fraction of sp³-hybridized carbons (Fsp3) is 0.375. The van der Waals surface area contributed by atoms with Crippen LogP contribution in [0.1, 0.15) is 52.1 Å². The summed E-state index contributed by atoms with van der Waals surface area (Å²) in [4.78, 5) is 0. The van der Waals surface area contributed by atoms with E-state index in [2.05, 4.69) is 36.1 Å². The third kappa shape index (κ3) is 4.86. The lowest BCUT2D eigenvalue weighted by molar-refractivity contribution is 0.317. The molecule has 0 unspecified atom stereocenters. The van der Waals surface area contributed by atoms with Crippen molar-refractivity contribution in [1.29, 1.82) is 5.26 Å². The summed E-state index contributed by atoms with van der Waals surface area (Å²) in [5.74, 6) is 0.864. The lowest BCUT2D eigenvalue weighted by Gasteiger charge is -2.16. The van der Waals surface area contributed by atoms with Gasteiger partial charge in [0.25, 0.3) is 0 Å². The van der Waals surface area contributed by atoms with E-state index in [1.807, 2.05) is 37.3 Å². The van der Waals surface area contributed by atoms with E-state index in [-0.39, 0.29) is 11.8 Å². The van der Waals surface area contributed by atoms with Crippen molar-refractivity contribution in [2.24, 2.45) is 0 Å². The van der Waals surface area contributed by atoms with Gasteiger partial charge in [0.2, 0.25) is 10.0 Å². The summed E-state index contributed by atoms with van der Waals surface area (Å²) < 4.78 is 34.7. The first kappa shape index (κ1) is 22.7. The first-order valence-corrected chi connectivity index (χ1v) is 12.3. The Kier molecular flexibility index (Phi) is 6.91. The molecule has 1 heterocycles. The second kappa shape index (κ2) is 9.44. The van der Waals surface area contributed by atoms with E-state index in [4.69, 9.17) is 4.74 Å². The molecule has 6 nitrogen and oxygen atoms in total. The van der Waals surface area contributed by atoms with Gasteiger partial charge in [-0.05, 0) is 56.5 Å². The zero-order valence-corrected chi connectivity index (χ0v) is 19.3. The minimum Gasteiger partial charge on any atom is -0.494 e. The third-order valence-corrected chi connectivity index (χ3v) is 6.47. The summed E-state index contributed by atoms with van der Waals surface area (Å²) in [6, 6.07) is 15.5. The Labute approximate surface area is 184 Å². The number of benzene rings is 2. The molecule has 0 spiro atoms. The summed E-state index contributed by atoms with van der Waals surface area (Å²) in [7, 11) is -3.35. The molecule has 31 heavy (non-hydrogen) atoms. The minimum absolute atomic E-state index is 0.0807. The Morgan fingerprint density at radius 3 is 2.39 bits per heavy atom. The van der Waals surface area contributed by atoms with Gasteiger partial charge in [0, 0.05) is 23.2 Å². The smallest absolute Gasteiger partial charge is 0.232 e. The van der Waals surface area contributed by atoms with Crippen molar-refractivity contribution in [3.63, 3.8) is 0 Å². The maximum atomic E-state index is 12.1. The van der Waals surface area contributed by atoms with Crippen LogP contribution in [0.25, 0.3) is 22.2 Å². The molecule has 0 amide bonds. The van der Waals surface area contributed by atoms with E-state index < -0.39 is 10.0 Å². The molecule has 0 atom stereocenters. The van der Waals surface area contributed by atoms with Crippen LogP contribution in [-0.2, 0) is 10.0 Å². The van der Waals surface area contributed by atoms with Crippen LogP contribution in [0.5, 0.6) is 5.75 Å². The highest BCUT2D eigenvalue weighted by molar-refractivity contribution is 7.92. The third-order valence-electron chi connectivity index (χ3n) is 4.98. The Balaban J connectivity index is 2.10. The molecule has 0 aliphatic heterocycles. The average Bonchev–Trinajstić information content (AvgIpc) is 3.06. The second-order valence-corrected chi connectivity index (χ2v) is 9.67. The normalized spacial score (nSPS) is 11.6. The zero-order chi connectivity index (χ0) is 22.6. The molecule has 0 saturated heterocycles. The van der Waals surface area contributed by atoms with Crippen LogP contribution in [-0.4, -0.2) is 25.3 Å². The van der Waals surface area contributed by atoms with Crippen LogP contribution in [0, 0.1) is 11.3 Å². The van der Waals surface area contributed by atoms with E-state index >= 15 is 0 Å². The molecule has 1 aromatic heterocycles. The van der Waals surface area contributed by atoms with E-state index in [9.17, 15) is 13.7 Å². The number of anilines is 1. The number of hydrogen-bond donors (Lipinski definition) is 1. The lowest BCUT2D eigenvalue weighted by Crippen LogP contribution is -2.15. The number of aromatic nitrogens is 1. The Bertz CT molecular complexity index is 1200. The van der Waals surface area contributed by atoms with Crippen LogP contribution in [0.15, 0.2) is 42.5 Å². The SMILES string of the molecule is CCCOc1ccc2c(C#N)c(-c3ccc(NS(=O)(=O)CCC)cc3)n(C(C)C)c2c1. The predicted octanol–water partition coefficient (Wildman–Crippen LogP) is 5.70. The summed E-state index contributed by atoms with van der Waals surface area (Å²) in [5.41, 5.74) is 3.74. The monoisotopic (exact) mass is 439 g/mol. The molecule has 0 radical (unpaired) electrons. The molecule has 0 bridgehead atoms. The van der Waals surface area contributed by atoms with Gasteiger partial charge in [0.05, 0.1) is 29.1 Å². The van der Waals surface area contributed by atoms with Gasteiger partial charge < -0.3 is 9.30 Å². The number of nitriles is 1. The van der Waals surface area contributed by atoms with Gasteiger partial charge in [0.1, 0.15) is 11.8 Å². The fourth-order valence-electron chi connectivity index (χ4n) is 3.73. The lowest BCUT2D eigenvalue weighted by atomic mass is 10.1. The van der Waals surface area contributed by atoms with Gasteiger partial charge in [-0.25, -0.2) is 8.42 Å². The number of sulfonamides is 1. The molecule has 3 aromatic rings. The highest BCUT2D eigenvalue weighted by atomic mass is 32.2. The van der Waals surface area contributed by atoms with Crippen molar-refractivity contribution < 1.29 is 13.2 Å². The minimum atomic E-state index is -3.35. The van der Waals surface area contributed by atoms with E-state index in [1.165, 1.54) is 0 Å². The first-order valence-electron chi connectivity index (χ1n) is 10.6. The number of nitrogens with zero attached hydrogens (tertiary/aromatic N) is 2. The van der Waals surface area contributed by atoms with Crippen LogP contribution < -0.4 is 9.46 Å². The van der Waals surface area contributed by atoms with Crippen LogP contribution >= 0.6 is 0 Å². The average molecular weight is 440 g/mol. The molecular weight excluding hydrogens is 410 g/mol. The topological polar surface area (TPSA) is 84.1 Å². The summed E-state index contributed by atoms with van der Waals surface area (Å²) >= 11 is 0. The number of fused-ring (bicyclic) bond motifs is 1. The summed E-state index contributed by atoms with van der Waals surface area (Å²) in [5, 5.41) is 10.8. The van der Waals surface area contributed by atoms with Crippen LogP contribution in [0.4, 0.5) is 5.69 Å². The first-order chi connectivity index (χ1) is 14.8. The summed E-state index contributed by atoms with van der Waals surface area (Å²) in [6.45, 7) is 8.69. The number of hydrogen-bond acceptors (Lipinski definition) is 4. The molecule has 7 heteroatoms. The molecule has 0 fully saturated rings. The van der Waals surface area contributed by atoms with Crippen molar-refractivity contribution in [1.82, 2.24) is 4.57 Å². The van der Waals surface area contributed by atoms with Gasteiger partial charge >= 0.3 is 0 Å². The molecule has 1 N–H and O–H groups in total. The number of ether oxygens (including phenoxy) is 1. The molecule has 0 aliphatic rings. The van der Waals surface area contributed by atoms with Crippen molar-refractivity contribution >= 4 is 26.6 Å². The maximum absolute atomic E-state index is 12.1. The van der Waals surface area contributed by atoms with E-state index in [0.717, 1.165) is 34.3 Å². The maximum Gasteiger partial charge on any atom is 0.232 e. The van der Waals surface area contributed by atoms with Crippen LogP contribution in [0.3, 0.4) is 0 Å². The quantitative estimate of drug-likeness (QED) is 0.463. The van der Waals surface area contributed by atoms with Gasteiger partial charge in [-0.15, -0.1) is 0 Å². The van der Waals surface area contributed by atoms with Crippen molar-refractivity contribution in [2.45, 2.75) is 46.6 Å². The largest absolute Gasteiger partial charge is 0.494 e. The zero-order valence-electron chi connectivity index (χ0n) is 18.5. The van der Waals surface area contributed by atoms with Crippen molar-refractivity contribution in [3.05, 3.63) is 48.0 Å². The van der Waals surface area contributed by atoms with E-state index in [1.54, 1.807) is 12.1 Å². The van der Waals surface area contributed by atoms with Crippen molar-refractivity contribution in [2.75, 3.05) is 17.1 Å². The predicted molar refractivity (Wildman–Crippen MR) is 126 cm³/mol. The molecule has 3 rings (SSSR count). The molecule has 164 valence electrons. The molecular formula is C24H29N3O3S. The highest BCUT2D eigenvalue weighted by Crippen LogP contribution is 2.38. The second-order valence-electron chi connectivity index (χ2n) is 7.82. The highest BCUT2D eigenvalue weighted by Gasteiger charge is 2.21. The number of rotatable bonds is 9.